The van der Waals surface area contributed by atoms with Crippen molar-refractivity contribution in [3.05, 3.63) is 0 Å². The molecule has 19 heavy (non-hydrogen) atoms. The number of unbranched alkanes of at least 4 members (excludes halogenated alkanes) is 2. The van der Waals surface area contributed by atoms with Gasteiger partial charge in [-0.1, -0.05) is 19.8 Å². The van der Waals surface area contributed by atoms with Crippen LogP contribution in [0.3, 0.4) is 0 Å². The van der Waals surface area contributed by atoms with Crippen LogP contribution in [0.2, 0.25) is 0 Å². The van der Waals surface area contributed by atoms with Crippen LogP contribution < -0.4 is 0 Å². The molecule has 3 heteroatoms. The highest BCUT2D eigenvalue weighted by Gasteiger charge is 2.31. The zero-order valence-electron chi connectivity index (χ0n) is 12.9. The second-order valence-corrected chi connectivity index (χ2v) is 6.40. The normalized spacial score (nSPS) is 27.4. The van der Waals surface area contributed by atoms with E-state index in [1.54, 1.807) is 0 Å². The first-order valence-electron chi connectivity index (χ1n) is 7.67. The fraction of sp³-hybridized carbons (Fsp3) is 0.938. The van der Waals surface area contributed by atoms with Crippen LogP contribution in [0.25, 0.3) is 0 Å². The second kappa shape index (κ2) is 7.87. The molecule has 0 spiro atoms. The molecule has 1 fully saturated rings. The minimum absolute atomic E-state index is 0.00977. The zero-order chi connectivity index (χ0) is 14.3. The molecule has 0 radical (unpaired) electrons. The van der Waals surface area contributed by atoms with E-state index >= 15 is 0 Å². The monoisotopic (exact) mass is 267 g/mol. The van der Waals surface area contributed by atoms with Gasteiger partial charge < -0.3 is 9.47 Å². The van der Waals surface area contributed by atoms with Gasteiger partial charge in [-0.05, 0) is 46.5 Å². The van der Waals surface area contributed by atoms with Crippen LogP contribution >= 0.6 is 0 Å². The van der Waals surface area contributed by atoms with Crippen LogP contribution in [0.5, 0.6) is 0 Å². The summed E-state index contributed by atoms with van der Waals surface area (Å²) in [5.74, 6) is 0.563. The van der Waals surface area contributed by atoms with Crippen molar-refractivity contribution in [2.45, 2.75) is 78.6 Å². The Kier molecular flexibility index (Phi) is 6.82. The molecule has 3 nitrogen and oxygen atoms in total. The Hall–Kier alpha value is -0.590. The van der Waals surface area contributed by atoms with Crippen LogP contribution in [0.15, 0.2) is 0 Å². The molecule has 0 bridgehead atoms. The van der Waals surface area contributed by atoms with Crippen LogP contribution in [0.4, 0.5) is 0 Å². The van der Waals surface area contributed by atoms with Gasteiger partial charge in [-0.3, -0.25) is 0 Å². The molecule has 0 amide bonds. The van der Waals surface area contributed by atoms with E-state index in [1.165, 1.54) is 0 Å². The average molecular weight is 267 g/mol. The summed E-state index contributed by atoms with van der Waals surface area (Å²) in [7, 11) is 0. The Bertz CT molecular complexity index is 296. The number of hydrogen-bond donors (Lipinski definition) is 0. The number of nitriles is 1. The van der Waals surface area contributed by atoms with Crippen molar-refractivity contribution >= 4 is 0 Å². The van der Waals surface area contributed by atoms with E-state index in [4.69, 9.17) is 14.7 Å². The van der Waals surface area contributed by atoms with Crippen LogP contribution in [0, 0.1) is 22.7 Å². The molecule has 0 aliphatic carbocycles. The largest absolute Gasteiger partial charge is 0.352 e. The fourth-order valence-corrected chi connectivity index (χ4v) is 2.57. The molecule has 110 valence electrons. The molecule has 1 aliphatic heterocycles. The Morgan fingerprint density at radius 2 is 2.05 bits per heavy atom. The molecule has 3 unspecified atom stereocenters. The van der Waals surface area contributed by atoms with E-state index in [1.807, 2.05) is 13.8 Å². The molecule has 1 aliphatic rings. The lowest BCUT2D eigenvalue weighted by Crippen LogP contribution is -2.20. The Morgan fingerprint density at radius 3 is 2.68 bits per heavy atom. The van der Waals surface area contributed by atoms with Crippen molar-refractivity contribution in [2.24, 2.45) is 11.3 Å². The van der Waals surface area contributed by atoms with E-state index in [-0.39, 0.29) is 11.7 Å². The molecule has 0 aromatic carbocycles. The molecule has 1 rings (SSSR count). The summed E-state index contributed by atoms with van der Waals surface area (Å²) in [4.78, 5) is 0. The van der Waals surface area contributed by atoms with Crippen molar-refractivity contribution in [3.8, 4) is 6.07 Å². The van der Waals surface area contributed by atoms with Gasteiger partial charge in [-0.15, -0.1) is 0 Å². The molecular formula is C16H29NO2. The molecule has 3 atom stereocenters. The highest BCUT2D eigenvalue weighted by atomic mass is 16.7. The molecule has 0 aromatic heterocycles. The highest BCUT2D eigenvalue weighted by Crippen LogP contribution is 2.29. The lowest BCUT2D eigenvalue weighted by molar-refractivity contribution is -0.147. The van der Waals surface area contributed by atoms with Crippen molar-refractivity contribution < 1.29 is 9.47 Å². The smallest absolute Gasteiger partial charge is 0.160 e. The first-order chi connectivity index (χ1) is 8.98. The van der Waals surface area contributed by atoms with Crippen molar-refractivity contribution in [3.63, 3.8) is 0 Å². The molecule has 0 saturated carbocycles. The van der Waals surface area contributed by atoms with Gasteiger partial charge in [0.2, 0.25) is 0 Å². The molecule has 0 aromatic rings. The predicted molar refractivity (Wildman–Crippen MR) is 76.5 cm³/mol. The quantitative estimate of drug-likeness (QED) is 0.617. The minimum Gasteiger partial charge on any atom is -0.352 e. The average Bonchev–Trinajstić information content (AvgIpc) is 2.74. The maximum absolute atomic E-state index is 8.93. The summed E-state index contributed by atoms with van der Waals surface area (Å²) in [5.41, 5.74) is -0.182. The second-order valence-electron chi connectivity index (χ2n) is 6.40. The Morgan fingerprint density at radius 1 is 1.32 bits per heavy atom. The van der Waals surface area contributed by atoms with Gasteiger partial charge in [0, 0.05) is 12.5 Å². The lowest BCUT2D eigenvalue weighted by Gasteiger charge is -2.18. The summed E-state index contributed by atoms with van der Waals surface area (Å²) in [6.45, 7) is 9.11. The van der Waals surface area contributed by atoms with Crippen LogP contribution in [0.1, 0.15) is 66.2 Å². The SMILES string of the molecule is CCC1CC(C)OC1OCCCCCC(C)(C)C#N. The maximum Gasteiger partial charge on any atom is 0.160 e. The van der Waals surface area contributed by atoms with Gasteiger partial charge in [-0.2, -0.15) is 5.26 Å². The minimum atomic E-state index is -0.182. The van der Waals surface area contributed by atoms with E-state index in [2.05, 4.69) is 19.9 Å². The standard InChI is InChI=1S/C16H29NO2/c1-5-14-11-13(2)19-15(14)18-10-8-6-7-9-16(3,4)12-17/h13-15H,5-11H2,1-4H3. The summed E-state index contributed by atoms with van der Waals surface area (Å²) < 4.78 is 11.6. The Balaban J connectivity index is 2.07. The third-order valence-electron chi connectivity index (χ3n) is 3.94. The van der Waals surface area contributed by atoms with Gasteiger partial charge >= 0.3 is 0 Å². The zero-order valence-corrected chi connectivity index (χ0v) is 12.9. The first kappa shape index (κ1) is 16.5. The van der Waals surface area contributed by atoms with Crippen molar-refractivity contribution in [1.29, 1.82) is 5.26 Å². The highest BCUT2D eigenvalue weighted by molar-refractivity contribution is 4.91. The first-order valence-corrected chi connectivity index (χ1v) is 7.67. The Labute approximate surface area is 118 Å². The summed E-state index contributed by atoms with van der Waals surface area (Å²) in [6, 6.07) is 2.34. The third-order valence-corrected chi connectivity index (χ3v) is 3.94. The van der Waals surface area contributed by atoms with Crippen molar-refractivity contribution in [2.75, 3.05) is 6.61 Å². The van der Waals surface area contributed by atoms with Crippen LogP contribution in [-0.2, 0) is 9.47 Å². The molecule has 0 N–H and O–H groups in total. The van der Waals surface area contributed by atoms with E-state index in [0.717, 1.165) is 45.1 Å². The van der Waals surface area contributed by atoms with Gasteiger partial charge in [-0.25, -0.2) is 0 Å². The topological polar surface area (TPSA) is 42.2 Å². The number of nitrogens with zero attached hydrogens (tertiary/aromatic N) is 1. The number of rotatable bonds is 8. The van der Waals surface area contributed by atoms with Crippen molar-refractivity contribution in [1.82, 2.24) is 0 Å². The summed E-state index contributed by atoms with van der Waals surface area (Å²) in [5, 5.41) is 8.93. The van der Waals surface area contributed by atoms with Crippen LogP contribution in [-0.4, -0.2) is 19.0 Å². The van der Waals surface area contributed by atoms with Gasteiger partial charge in [0.05, 0.1) is 17.6 Å². The van der Waals surface area contributed by atoms with Gasteiger partial charge in [0.15, 0.2) is 6.29 Å². The van der Waals surface area contributed by atoms with E-state index in [0.29, 0.717) is 12.0 Å². The number of ether oxygens (including phenoxy) is 2. The third kappa shape index (κ3) is 5.93. The number of hydrogen-bond acceptors (Lipinski definition) is 3. The van der Waals surface area contributed by atoms with E-state index in [9.17, 15) is 0 Å². The predicted octanol–water partition coefficient (Wildman–Crippen LogP) is 4.27. The molecule has 1 heterocycles. The summed E-state index contributed by atoms with van der Waals surface area (Å²) in [6.07, 6.45) is 6.86. The summed E-state index contributed by atoms with van der Waals surface area (Å²) >= 11 is 0. The fourth-order valence-electron chi connectivity index (χ4n) is 2.57. The van der Waals surface area contributed by atoms with Gasteiger partial charge in [0.1, 0.15) is 0 Å². The maximum atomic E-state index is 8.93. The van der Waals surface area contributed by atoms with Gasteiger partial charge in [0.25, 0.3) is 0 Å². The molecule has 1 saturated heterocycles. The molecular weight excluding hydrogens is 238 g/mol. The lowest BCUT2D eigenvalue weighted by atomic mass is 9.89. The van der Waals surface area contributed by atoms with E-state index < -0.39 is 0 Å².